The van der Waals surface area contributed by atoms with Crippen molar-refractivity contribution in [2.75, 3.05) is 32.8 Å². The van der Waals surface area contributed by atoms with Crippen LogP contribution in [-0.2, 0) is 14.3 Å². The first-order valence-corrected chi connectivity index (χ1v) is 7.95. The highest BCUT2D eigenvalue weighted by atomic mass is 16.5. The minimum atomic E-state index is -0.230. The molecule has 3 aliphatic rings. The van der Waals surface area contributed by atoms with Gasteiger partial charge >= 0.3 is 0 Å². The van der Waals surface area contributed by atoms with Crippen LogP contribution < -0.4 is 0 Å². The molecule has 0 radical (unpaired) electrons. The zero-order valence-corrected chi connectivity index (χ0v) is 12.1. The molecule has 0 bridgehead atoms. The van der Waals surface area contributed by atoms with Gasteiger partial charge in [0.1, 0.15) is 6.10 Å². The quantitative estimate of drug-likeness (QED) is 0.759. The summed E-state index contributed by atoms with van der Waals surface area (Å²) in [7, 11) is 0. The molecule has 2 aliphatic heterocycles. The minimum absolute atomic E-state index is 0.121. The summed E-state index contributed by atoms with van der Waals surface area (Å²) in [6.07, 6.45) is 6.08. The molecule has 2 saturated heterocycles. The molecule has 2 amide bonds. The molecular weight excluding hydrogens is 256 g/mol. The second kappa shape index (κ2) is 6.12. The van der Waals surface area contributed by atoms with Gasteiger partial charge in [0, 0.05) is 38.7 Å². The topological polar surface area (TPSA) is 49.9 Å². The Bertz CT molecular complexity index is 329. The third kappa shape index (κ3) is 2.82. The summed E-state index contributed by atoms with van der Waals surface area (Å²) in [6.45, 7) is 3.41. The number of ether oxygens (including phenoxy) is 1. The lowest BCUT2D eigenvalue weighted by atomic mass is 10.1. The molecule has 0 aromatic rings. The number of piperazine rings is 1. The van der Waals surface area contributed by atoms with E-state index < -0.39 is 0 Å². The van der Waals surface area contributed by atoms with E-state index in [-0.39, 0.29) is 17.9 Å². The maximum Gasteiger partial charge on any atom is 0.251 e. The summed E-state index contributed by atoms with van der Waals surface area (Å²) < 4.78 is 5.45. The lowest BCUT2D eigenvalue weighted by molar-refractivity contribution is -0.147. The molecular formula is C15H24N2O3. The first kappa shape index (κ1) is 13.9. The number of carbonyl (C=O) groups is 2. The van der Waals surface area contributed by atoms with Gasteiger partial charge in [0.15, 0.2) is 0 Å². The maximum absolute atomic E-state index is 12.3. The van der Waals surface area contributed by atoms with E-state index in [1.54, 1.807) is 0 Å². The molecule has 20 heavy (non-hydrogen) atoms. The van der Waals surface area contributed by atoms with Crippen LogP contribution in [0.3, 0.4) is 0 Å². The van der Waals surface area contributed by atoms with Gasteiger partial charge in [0.25, 0.3) is 5.91 Å². The van der Waals surface area contributed by atoms with Crippen molar-refractivity contribution >= 4 is 11.8 Å². The minimum Gasteiger partial charge on any atom is -0.368 e. The highest BCUT2D eigenvalue weighted by Crippen LogP contribution is 2.27. The van der Waals surface area contributed by atoms with E-state index in [0.717, 1.165) is 25.7 Å². The molecule has 112 valence electrons. The Morgan fingerprint density at radius 3 is 1.95 bits per heavy atom. The summed E-state index contributed by atoms with van der Waals surface area (Å²) >= 11 is 0. The van der Waals surface area contributed by atoms with Crippen LogP contribution >= 0.6 is 0 Å². The van der Waals surface area contributed by atoms with Crippen LogP contribution in [0, 0.1) is 5.92 Å². The van der Waals surface area contributed by atoms with Gasteiger partial charge in [0.05, 0.1) is 0 Å². The smallest absolute Gasteiger partial charge is 0.251 e. The predicted molar refractivity (Wildman–Crippen MR) is 74.1 cm³/mol. The fourth-order valence-electron chi connectivity index (χ4n) is 3.55. The van der Waals surface area contributed by atoms with Gasteiger partial charge < -0.3 is 14.5 Å². The number of rotatable bonds is 2. The average Bonchev–Trinajstić information content (AvgIpc) is 3.18. The van der Waals surface area contributed by atoms with E-state index in [9.17, 15) is 9.59 Å². The molecule has 1 atom stereocenters. The van der Waals surface area contributed by atoms with Crippen LogP contribution in [0.5, 0.6) is 0 Å². The van der Waals surface area contributed by atoms with Gasteiger partial charge in [-0.2, -0.15) is 0 Å². The van der Waals surface area contributed by atoms with Crippen molar-refractivity contribution in [3.63, 3.8) is 0 Å². The lowest BCUT2D eigenvalue weighted by Gasteiger charge is -2.36. The molecule has 0 N–H and O–H groups in total. The molecule has 0 aromatic heterocycles. The second-order valence-electron chi connectivity index (χ2n) is 6.13. The van der Waals surface area contributed by atoms with Crippen LogP contribution in [0.4, 0.5) is 0 Å². The number of nitrogens with zero attached hydrogens (tertiary/aromatic N) is 2. The highest BCUT2D eigenvalue weighted by molar-refractivity contribution is 5.82. The predicted octanol–water partition coefficient (Wildman–Crippen LogP) is 1.03. The molecule has 5 heteroatoms. The number of hydrogen-bond donors (Lipinski definition) is 0. The molecule has 3 fully saturated rings. The Kier molecular flexibility index (Phi) is 4.24. The zero-order valence-electron chi connectivity index (χ0n) is 12.1. The van der Waals surface area contributed by atoms with Crippen LogP contribution in [0.2, 0.25) is 0 Å². The molecule has 0 spiro atoms. The number of carbonyl (C=O) groups excluding carboxylic acids is 2. The van der Waals surface area contributed by atoms with Crippen molar-refractivity contribution in [3.05, 3.63) is 0 Å². The Hall–Kier alpha value is -1.10. The van der Waals surface area contributed by atoms with Gasteiger partial charge in [-0.1, -0.05) is 12.8 Å². The summed E-state index contributed by atoms with van der Waals surface area (Å²) in [5.74, 6) is 0.678. The average molecular weight is 280 g/mol. The van der Waals surface area contributed by atoms with Crippen molar-refractivity contribution < 1.29 is 14.3 Å². The first-order valence-electron chi connectivity index (χ1n) is 7.95. The lowest BCUT2D eigenvalue weighted by Crippen LogP contribution is -2.53. The van der Waals surface area contributed by atoms with Crippen LogP contribution in [0.1, 0.15) is 38.5 Å². The van der Waals surface area contributed by atoms with E-state index in [2.05, 4.69) is 0 Å². The molecule has 1 unspecified atom stereocenters. The van der Waals surface area contributed by atoms with Crippen molar-refractivity contribution in [1.82, 2.24) is 9.80 Å². The summed E-state index contributed by atoms with van der Waals surface area (Å²) in [4.78, 5) is 28.4. The van der Waals surface area contributed by atoms with E-state index >= 15 is 0 Å². The van der Waals surface area contributed by atoms with Crippen molar-refractivity contribution in [2.24, 2.45) is 5.92 Å². The SMILES string of the molecule is O=C(C1CCCC1)N1CCN(C(=O)C2CCCO2)CC1. The normalized spacial score (nSPS) is 28.1. The molecule has 1 saturated carbocycles. The zero-order chi connectivity index (χ0) is 13.9. The van der Waals surface area contributed by atoms with E-state index in [1.807, 2.05) is 9.80 Å². The van der Waals surface area contributed by atoms with E-state index in [1.165, 1.54) is 12.8 Å². The Balaban J connectivity index is 1.48. The summed E-state index contributed by atoms with van der Waals surface area (Å²) in [6, 6.07) is 0. The summed E-state index contributed by atoms with van der Waals surface area (Å²) in [5.41, 5.74) is 0. The van der Waals surface area contributed by atoms with Gasteiger partial charge in [-0.3, -0.25) is 9.59 Å². The maximum atomic E-state index is 12.3. The molecule has 3 rings (SSSR count). The van der Waals surface area contributed by atoms with Gasteiger partial charge in [-0.15, -0.1) is 0 Å². The van der Waals surface area contributed by atoms with Gasteiger partial charge in [0.2, 0.25) is 5.91 Å². The second-order valence-corrected chi connectivity index (χ2v) is 6.13. The number of amides is 2. The molecule has 1 aliphatic carbocycles. The highest BCUT2D eigenvalue weighted by Gasteiger charge is 2.33. The fourth-order valence-corrected chi connectivity index (χ4v) is 3.55. The van der Waals surface area contributed by atoms with Crippen LogP contribution in [0.15, 0.2) is 0 Å². The third-order valence-corrected chi connectivity index (χ3v) is 4.81. The monoisotopic (exact) mass is 280 g/mol. The molecule has 0 aromatic carbocycles. The van der Waals surface area contributed by atoms with Crippen LogP contribution in [0.25, 0.3) is 0 Å². The van der Waals surface area contributed by atoms with Gasteiger partial charge in [-0.05, 0) is 25.7 Å². The van der Waals surface area contributed by atoms with Gasteiger partial charge in [-0.25, -0.2) is 0 Å². The van der Waals surface area contributed by atoms with Crippen molar-refractivity contribution in [2.45, 2.75) is 44.6 Å². The number of hydrogen-bond acceptors (Lipinski definition) is 3. The van der Waals surface area contributed by atoms with Crippen LogP contribution in [-0.4, -0.2) is 60.5 Å². The standard InChI is InChI=1S/C15H24N2O3/c18-14(12-4-1-2-5-12)16-7-9-17(10-8-16)15(19)13-6-3-11-20-13/h12-13H,1-11H2. The Morgan fingerprint density at radius 1 is 0.800 bits per heavy atom. The first-order chi connectivity index (χ1) is 9.75. The molecule has 5 nitrogen and oxygen atoms in total. The van der Waals surface area contributed by atoms with Crippen molar-refractivity contribution in [3.8, 4) is 0 Å². The van der Waals surface area contributed by atoms with Crippen molar-refractivity contribution in [1.29, 1.82) is 0 Å². The molecule has 2 heterocycles. The Labute approximate surface area is 120 Å². The van der Waals surface area contributed by atoms with E-state index in [0.29, 0.717) is 38.7 Å². The summed E-state index contributed by atoms with van der Waals surface area (Å²) in [5, 5.41) is 0. The third-order valence-electron chi connectivity index (χ3n) is 4.81. The Morgan fingerprint density at radius 2 is 1.40 bits per heavy atom. The fraction of sp³-hybridized carbons (Fsp3) is 0.867. The van der Waals surface area contributed by atoms with E-state index in [4.69, 9.17) is 4.74 Å². The largest absolute Gasteiger partial charge is 0.368 e.